The van der Waals surface area contributed by atoms with Gasteiger partial charge in [-0.05, 0) is 30.3 Å². The average Bonchev–Trinajstić information content (AvgIpc) is 2.41. The van der Waals surface area contributed by atoms with E-state index in [-0.39, 0.29) is 16.9 Å². The molecule has 2 aromatic carbocycles. The Bertz CT molecular complexity index is 671. The van der Waals surface area contributed by atoms with E-state index in [2.05, 4.69) is 21.2 Å². The monoisotopic (exact) mass is 336 g/mol. The van der Waals surface area contributed by atoms with Gasteiger partial charge in [0.2, 0.25) is 0 Å². The van der Waals surface area contributed by atoms with E-state index >= 15 is 0 Å². The van der Waals surface area contributed by atoms with Crippen LogP contribution in [0.1, 0.15) is 10.4 Å². The average molecular weight is 337 g/mol. The fraction of sp³-hybridized carbons (Fsp3) is 0. The van der Waals surface area contributed by atoms with E-state index in [0.717, 1.165) is 10.5 Å². The van der Waals surface area contributed by atoms with Gasteiger partial charge >= 0.3 is 5.97 Å². The molecule has 0 saturated carbocycles. The molecule has 2 N–H and O–H groups in total. The maximum atomic E-state index is 11.1. The van der Waals surface area contributed by atoms with Gasteiger partial charge in [0.1, 0.15) is 0 Å². The van der Waals surface area contributed by atoms with Crippen LogP contribution in [0.3, 0.4) is 0 Å². The Morgan fingerprint density at radius 3 is 2.40 bits per heavy atom. The van der Waals surface area contributed by atoms with Crippen molar-refractivity contribution >= 4 is 39.0 Å². The molecule has 0 amide bonds. The van der Waals surface area contributed by atoms with Gasteiger partial charge in [-0.25, -0.2) is 4.79 Å². The lowest BCUT2D eigenvalue weighted by Gasteiger charge is -2.09. The second-order valence-electron chi connectivity index (χ2n) is 3.92. The Morgan fingerprint density at radius 2 is 1.85 bits per heavy atom. The minimum absolute atomic E-state index is 0.0291. The van der Waals surface area contributed by atoms with E-state index in [1.54, 1.807) is 24.3 Å². The summed E-state index contributed by atoms with van der Waals surface area (Å²) in [6, 6.07) is 10.6. The predicted molar refractivity (Wildman–Crippen MR) is 77.5 cm³/mol. The van der Waals surface area contributed by atoms with Crippen molar-refractivity contribution in [3.63, 3.8) is 0 Å². The molecule has 0 saturated heterocycles. The van der Waals surface area contributed by atoms with Crippen molar-refractivity contribution in [1.29, 1.82) is 0 Å². The standard InChI is InChI=1S/C13H9BrN2O4/c14-8-1-3-9(4-2-8)15-12-7-10(16(19)20)5-6-11(12)13(17)18/h1-7,15H,(H,17,18). The molecule has 0 radical (unpaired) electrons. The van der Waals surface area contributed by atoms with Gasteiger partial charge in [0.25, 0.3) is 5.69 Å². The normalized spacial score (nSPS) is 10.1. The number of anilines is 2. The number of non-ortho nitro benzene ring substituents is 1. The van der Waals surface area contributed by atoms with Gasteiger partial charge in [0, 0.05) is 22.3 Å². The number of carboxylic acid groups (broad SMARTS) is 1. The summed E-state index contributed by atoms with van der Waals surface area (Å²) in [6.07, 6.45) is 0. The summed E-state index contributed by atoms with van der Waals surface area (Å²) in [6.45, 7) is 0. The zero-order valence-corrected chi connectivity index (χ0v) is 11.6. The number of nitro benzene ring substituents is 1. The Morgan fingerprint density at radius 1 is 1.20 bits per heavy atom. The van der Waals surface area contributed by atoms with Gasteiger partial charge in [-0.1, -0.05) is 15.9 Å². The van der Waals surface area contributed by atoms with Crippen LogP contribution < -0.4 is 5.32 Å². The number of hydrogen-bond acceptors (Lipinski definition) is 4. The maximum absolute atomic E-state index is 11.1. The minimum Gasteiger partial charge on any atom is -0.478 e. The number of halogens is 1. The van der Waals surface area contributed by atoms with Crippen LogP contribution in [0, 0.1) is 10.1 Å². The van der Waals surface area contributed by atoms with E-state index in [1.807, 2.05) is 0 Å². The second kappa shape index (κ2) is 5.70. The first-order valence-electron chi connectivity index (χ1n) is 5.51. The molecule has 0 aliphatic rings. The number of nitrogens with zero attached hydrogens (tertiary/aromatic N) is 1. The molecule has 0 heterocycles. The molecule has 2 aromatic rings. The third kappa shape index (κ3) is 3.12. The van der Waals surface area contributed by atoms with Gasteiger partial charge in [0.05, 0.1) is 16.2 Å². The molecule has 0 fully saturated rings. The van der Waals surface area contributed by atoms with Crippen molar-refractivity contribution < 1.29 is 14.8 Å². The summed E-state index contributed by atoms with van der Waals surface area (Å²) >= 11 is 3.29. The largest absolute Gasteiger partial charge is 0.478 e. The first kappa shape index (κ1) is 14.0. The molecular formula is C13H9BrN2O4. The summed E-state index contributed by atoms with van der Waals surface area (Å²) in [5, 5.41) is 22.7. The smallest absolute Gasteiger partial charge is 0.337 e. The molecule has 0 aromatic heterocycles. The molecule has 7 heteroatoms. The molecule has 6 nitrogen and oxygen atoms in total. The van der Waals surface area contributed by atoms with E-state index in [4.69, 9.17) is 5.11 Å². The molecule has 2 rings (SSSR count). The van der Waals surface area contributed by atoms with Gasteiger partial charge in [-0.3, -0.25) is 10.1 Å². The van der Waals surface area contributed by atoms with Crippen LogP contribution in [-0.2, 0) is 0 Å². The quantitative estimate of drug-likeness (QED) is 0.654. The van der Waals surface area contributed by atoms with Crippen molar-refractivity contribution in [2.75, 3.05) is 5.32 Å². The molecule has 0 spiro atoms. The number of carbonyl (C=O) groups is 1. The number of nitro groups is 1. The third-order valence-electron chi connectivity index (χ3n) is 2.57. The van der Waals surface area contributed by atoms with E-state index in [1.165, 1.54) is 12.1 Å². The Hall–Kier alpha value is -2.41. The Kier molecular flexibility index (Phi) is 3.99. The molecule has 102 valence electrons. The van der Waals surface area contributed by atoms with Crippen LogP contribution in [0.4, 0.5) is 17.1 Å². The fourth-order valence-electron chi connectivity index (χ4n) is 1.62. The van der Waals surface area contributed by atoms with E-state index < -0.39 is 10.9 Å². The lowest BCUT2D eigenvalue weighted by Crippen LogP contribution is -2.03. The second-order valence-corrected chi connectivity index (χ2v) is 4.84. The van der Waals surface area contributed by atoms with E-state index in [9.17, 15) is 14.9 Å². The number of aromatic carboxylic acids is 1. The molecule has 20 heavy (non-hydrogen) atoms. The fourth-order valence-corrected chi connectivity index (χ4v) is 1.89. The van der Waals surface area contributed by atoms with Crippen molar-refractivity contribution in [3.05, 3.63) is 62.6 Å². The molecule has 0 unspecified atom stereocenters. The SMILES string of the molecule is O=C(O)c1ccc([N+](=O)[O-])cc1Nc1ccc(Br)cc1. The number of hydrogen-bond donors (Lipinski definition) is 2. The zero-order valence-electron chi connectivity index (χ0n) is 10.0. The third-order valence-corrected chi connectivity index (χ3v) is 3.10. The molecule has 0 aliphatic carbocycles. The molecule has 0 bridgehead atoms. The Balaban J connectivity index is 2.41. The molecular weight excluding hydrogens is 328 g/mol. The van der Waals surface area contributed by atoms with E-state index in [0.29, 0.717) is 5.69 Å². The summed E-state index contributed by atoms with van der Waals surface area (Å²) < 4.78 is 0.876. The van der Waals surface area contributed by atoms with Crippen LogP contribution in [0.15, 0.2) is 46.9 Å². The summed E-state index contributed by atoms with van der Waals surface area (Å²) in [5.74, 6) is -1.15. The maximum Gasteiger partial charge on any atom is 0.337 e. The summed E-state index contributed by atoms with van der Waals surface area (Å²) in [7, 11) is 0. The number of nitrogens with one attached hydrogen (secondary N) is 1. The first-order valence-corrected chi connectivity index (χ1v) is 6.31. The van der Waals surface area contributed by atoms with Crippen LogP contribution in [0.2, 0.25) is 0 Å². The number of benzene rings is 2. The number of carboxylic acids is 1. The van der Waals surface area contributed by atoms with Gasteiger partial charge in [-0.15, -0.1) is 0 Å². The highest BCUT2D eigenvalue weighted by atomic mass is 79.9. The van der Waals surface area contributed by atoms with Crippen LogP contribution in [0.25, 0.3) is 0 Å². The van der Waals surface area contributed by atoms with Gasteiger partial charge < -0.3 is 10.4 Å². The van der Waals surface area contributed by atoms with Gasteiger partial charge in [0.15, 0.2) is 0 Å². The highest BCUT2D eigenvalue weighted by Gasteiger charge is 2.15. The Labute approximate surface area is 122 Å². The summed E-state index contributed by atoms with van der Waals surface area (Å²) in [5.41, 5.74) is 0.610. The minimum atomic E-state index is -1.15. The van der Waals surface area contributed by atoms with Crippen molar-refractivity contribution in [2.45, 2.75) is 0 Å². The topological polar surface area (TPSA) is 92.5 Å². The lowest BCUT2D eigenvalue weighted by molar-refractivity contribution is -0.384. The van der Waals surface area contributed by atoms with Crippen molar-refractivity contribution in [2.24, 2.45) is 0 Å². The molecule has 0 aliphatic heterocycles. The first-order chi connectivity index (χ1) is 9.47. The molecule has 0 atom stereocenters. The zero-order chi connectivity index (χ0) is 14.7. The highest BCUT2D eigenvalue weighted by Crippen LogP contribution is 2.26. The van der Waals surface area contributed by atoms with Crippen LogP contribution in [0.5, 0.6) is 0 Å². The lowest BCUT2D eigenvalue weighted by atomic mass is 10.1. The van der Waals surface area contributed by atoms with Crippen molar-refractivity contribution in [3.8, 4) is 0 Å². The highest BCUT2D eigenvalue weighted by molar-refractivity contribution is 9.10. The van der Waals surface area contributed by atoms with Crippen molar-refractivity contribution in [1.82, 2.24) is 0 Å². The number of rotatable bonds is 4. The summed E-state index contributed by atoms with van der Waals surface area (Å²) in [4.78, 5) is 21.3. The van der Waals surface area contributed by atoms with Crippen LogP contribution in [-0.4, -0.2) is 16.0 Å². The van der Waals surface area contributed by atoms with Gasteiger partial charge in [-0.2, -0.15) is 0 Å². The van der Waals surface area contributed by atoms with Crippen LogP contribution >= 0.6 is 15.9 Å². The predicted octanol–water partition coefficient (Wildman–Crippen LogP) is 3.80.